The molecule has 13 heavy (non-hydrogen) atoms. The van der Waals surface area contributed by atoms with E-state index in [9.17, 15) is 4.21 Å². The Kier molecular flexibility index (Phi) is 1.85. The van der Waals surface area contributed by atoms with Crippen LogP contribution in [0.25, 0.3) is 0 Å². The van der Waals surface area contributed by atoms with Gasteiger partial charge in [-0.05, 0) is 0 Å². The molecule has 2 heterocycles. The van der Waals surface area contributed by atoms with E-state index in [1.807, 2.05) is 4.57 Å². The zero-order chi connectivity index (χ0) is 9.47. The lowest BCUT2D eigenvalue weighted by molar-refractivity contribution is 0.350. The second-order valence-electron chi connectivity index (χ2n) is 3.11. The van der Waals surface area contributed by atoms with Crippen LogP contribution < -0.4 is 0 Å². The molecule has 1 aromatic rings. The van der Waals surface area contributed by atoms with Crippen molar-refractivity contribution in [2.24, 2.45) is 0 Å². The fourth-order valence-corrected chi connectivity index (χ4v) is 2.13. The number of hydrogen-bond donors (Lipinski definition) is 1. The smallest absolute Gasteiger partial charge is 0.148 e. The molecule has 0 fully saturated rings. The van der Waals surface area contributed by atoms with Crippen LogP contribution in [0.4, 0.5) is 0 Å². The van der Waals surface area contributed by atoms with Gasteiger partial charge in [0.15, 0.2) is 0 Å². The van der Waals surface area contributed by atoms with Crippen molar-refractivity contribution in [1.29, 1.82) is 4.78 Å². The van der Waals surface area contributed by atoms with Crippen LogP contribution >= 0.6 is 0 Å². The quantitative estimate of drug-likeness (QED) is 0.677. The number of nitrogens with zero attached hydrogens (tertiary/aromatic N) is 4. The van der Waals surface area contributed by atoms with E-state index in [-0.39, 0.29) is 0 Å². The molecule has 0 spiro atoms. The van der Waals surface area contributed by atoms with Gasteiger partial charge in [0.05, 0.1) is 6.54 Å². The Hall–Kier alpha value is -0.950. The molecule has 1 atom stereocenters. The average Bonchev–Trinajstić information content (AvgIpc) is 2.47. The molecule has 1 unspecified atom stereocenters. The first kappa shape index (κ1) is 8.64. The van der Waals surface area contributed by atoms with Gasteiger partial charge in [0.25, 0.3) is 0 Å². The van der Waals surface area contributed by atoms with Crippen LogP contribution in [-0.2, 0) is 23.0 Å². The minimum Gasteiger partial charge on any atom is -0.315 e. The van der Waals surface area contributed by atoms with E-state index < -0.39 is 9.92 Å². The van der Waals surface area contributed by atoms with Crippen LogP contribution in [0.3, 0.4) is 0 Å². The normalized spacial score (nSPS) is 22.2. The molecule has 7 heteroatoms. The Morgan fingerprint density at radius 3 is 3.08 bits per heavy atom. The average molecular weight is 201 g/mol. The number of hydrogen-bond acceptors (Lipinski definition) is 4. The van der Waals surface area contributed by atoms with Gasteiger partial charge in [0, 0.05) is 19.3 Å². The van der Waals surface area contributed by atoms with Gasteiger partial charge in [-0.3, -0.25) is 0 Å². The van der Waals surface area contributed by atoms with Crippen LogP contribution in [0.1, 0.15) is 5.82 Å². The molecule has 0 saturated heterocycles. The van der Waals surface area contributed by atoms with E-state index in [2.05, 4.69) is 10.2 Å². The van der Waals surface area contributed by atoms with Crippen molar-refractivity contribution >= 4 is 9.92 Å². The number of rotatable bonds is 1. The fraction of sp³-hybridized carbons (Fsp3) is 0.667. The molecule has 1 aliphatic heterocycles. The molecular formula is C6H11N5OS. The zero-order valence-electron chi connectivity index (χ0n) is 7.30. The first-order valence-corrected chi connectivity index (χ1v) is 5.85. The Morgan fingerprint density at radius 1 is 1.62 bits per heavy atom. The number of nitrogens with one attached hydrogen (secondary N) is 1. The molecule has 0 saturated carbocycles. The summed E-state index contributed by atoms with van der Waals surface area (Å²) in [6.45, 7) is 1.80. The zero-order valence-corrected chi connectivity index (χ0v) is 8.12. The van der Waals surface area contributed by atoms with Crippen LogP contribution in [0.5, 0.6) is 0 Å². The highest BCUT2D eigenvalue weighted by Gasteiger charge is 2.21. The van der Waals surface area contributed by atoms with Crippen LogP contribution in [-0.4, -0.2) is 36.1 Å². The Labute approximate surface area is 76.7 Å². The van der Waals surface area contributed by atoms with Gasteiger partial charge in [0.2, 0.25) is 0 Å². The van der Waals surface area contributed by atoms with E-state index in [1.54, 1.807) is 10.6 Å². The van der Waals surface area contributed by atoms with E-state index in [1.165, 1.54) is 6.26 Å². The molecule has 0 aromatic carbocycles. The molecule has 2 rings (SSSR count). The lowest BCUT2D eigenvalue weighted by Crippen LogP contribution is -2.36. The second kappa shape index (κ2) is 2.78. The van der Waals surface area contributed by atoms with E-state index >= 15 is 0 Å². The number of fused-ring (bicyclic) bond motifs is 1. The van der Waals surface area contributed by atoms with Gasteiger partial charge < -0.3 is 4.57 Å². The molecule has 0 amide bonds. The first-order valence-electron chi connectivity index (χ1n) is 3.93. The minimum atomic E-state index is -2.59. The molecule has 0 radical (unpaired) electrons. The topological polar surface area (TPSA) is 74.9 Å². The fourth-order valence-electron chi connectivity index (χ4n) is 1.34. The second-order valence-corrected chi connectivity index (χ2v) is 5.23. The molecule has 1 N–H and O–H groups in total. The Bertz CT molecular complexity index is 408. The van der Waals surface area contributed by atoms with E-state index in [0.717, 1.165) is 5.82 Å². The monoisotopic (exact) mass is 201 g/mol. The predicted molar refractivity (Wildman–Crippen MR) is 47.2 cm³/mol. The lowest BCUT2D eigenvalue weighted by Gasteiger charge is -2.26. The van der Waals surface area contributed by atoms with Gasteiger partial charge in [-0.15, -0.1) is 10.2 Å². The summed E-state index contributed by atoms with van der Waals surface area (Å²) in [6.07, 6.45) is 3.09. The van der Waals surface area contributed by atoms with E-state index in [0.29, 0.717) is 19.6 Å². The minimum absolute atomic E-state index is 0.457. The molecule has 6 nitrogen and oxygen atoms in total. The molecular weight excluding hydrogens is 190 g/mol. The summed E-state index contributed by atoms with van der Waals surface area (Å²) >= 11 is 0. The Morgan fingerprint density at radius 2 is 2.38 bits per heavy atom. The maximum absolute atomic E-state index is 11.4. The number of aromatic nitrogens is 3. The summed E-state index contributed by atoms with van der Waals surface area (Å²) in [4.78, 5) is 0. The molecule has 1 aliphatic rings. The van der Waals surface area contributed by atoms with Gasteiger partial charge in [-0.2, -0.15) is 0 Å². The van der Waals surface area contributed by atoms with Crippen molar-refractivity contribution in [2.45, 2.75) is 13.1 Å². The van der Waals surface area contributed by atoms with Crippen molar-refractivity contribution in [3.05, 3.63) is 12.2 Å². The SMILES string of the molecule is CS(=N)(=O)N1CCn2cnnc2C1. The van der Waals surface area contributed by atoms with Crippen molar-refractivity contribution in [1.82, 2.24) is 19.1 Å². The van der Waals surface area contributed by atoms with Crippen LogP contribution in [0.15, 0.2) is 6.33 Å². The summed E-state index contributed by atoms with van der Waals surface area (Å²) in [6, 6.07) is 0. The largest absolute Gasteiger partial charge is 0.315 e. The van der Waals surface area contributed by atoms with Crippen LogP contribution in [0, 0.1) is 4.78 Å². The maximum Gasteiger partial charge on any atom is 0.148 e. The highest BCUT2D eigenvalue weighted by molar-refractivity contribution is 7.89. The van der Waals surface area contributed by atoms with Gasteiger partial charge in [-0.25, -0.2) is 13.3 Å². The van der Waals surface area contributed by atoms with Gasteiger partial charge >= 0.3 is 0 Å². The van der Waals surface area contributed by atoms with Crippen molar-refractivity contribution in [3.63, 3.8) is 0 Å². The molecule has 0 aliphatic carbocycles. The van der Waals surface area contributed by atoms with Crippen LogP contribution in [0.2, 0.25) is 0 Å². The lowest BCUT2D eigenvalue weighted by atomic mass is 10.4. The van der Waals surface area contributed by atoms with Crippen molar-refractivity contribution in [2.75, 3.05) is 12.8 Å². The van der Waals surface area contributed by atoms with Gasteiger partial charge in [0.1, 0.15) is 22.1 Å². The van der Waals surface area contributed by atoms with Crippen molar-refractivity contribution in [3.8, 4) is 0 Å². The third-order valence-corrected chi connectivity index (χ3v) is 3.39. The van der Waals surface area contributed by atoms with Gasteiger partial charge in [-0.1, -0.05) is 0 Å². The van der Waals surface area contributed by atoms with E-state index in [4.69, 9.17) is 4.78 Å². The summed E-state index contributed by atoms with van der Waals surface area (Å²) in [7, 11) is -2.59. The Balaban J connectivity index is 2.27. The summed E-state index contributed by atoms with van der Waals surface area (Å²) in [5.41, 5.74) is 0. The third-order valence-electron chi connectivity index (χ3n) is 2.10. The standard InChI is InChI=1S/C6H11N5OS/c1-13(7,12)11-3-2-10-5-8-9-6(10)4-11/h5,7H,2-4H2,1H3. The van der Waals surface area contributed by atoms with Crippen molar-refractivity contribution < 1.29 is 4.21 Å². The molecule has 0 bridgehead atoms. The highest BCUT2D eigenvalue weighted by atomic mass is 32.2. The highest BCUT2D eigenvalue weighted by Crippen LogP contribution is 2.11. The molecule has 72 valence electrons. The summed E-state index contributed by atoms with van der Waals surface area (Å²) in [5, 5.41) is 7.64. The summed E-state index contributed by atoms with van der Waals surface area (Å²) < 4.78 is 22.4. The third kappa shape index (κ3) is 1.56. The molecule has 1 aromatic heterocycles. The summed E-state index contributed by atoms with van der Waals surface area (Å²) in [5.74, 6) is 0.785. The maximum atomic E-state index is 11.4. The first-order chi connectivity index (χ1) is 6.07. The predicted octanol–water partition coefficient (Wildman–Crippen LogP) is -0.315.